The van der Waals surface area contributed by atoms with E-state index in [2.05, 4.69) is 20.0 Å². The van der Waals surface area contributed by atoms with Crippen LogP contribution in [0.15, 0.2) is 119 Å². The molecule has 0 unspecified atom stereocenters. The van der Waals surface area contributed by atoms with Gasteiger partial charge in [0.2, 0.25) is 0 Å². The second kappa shape index (κ2) is 13.6. The summed E-state index contributed by atoms with van der Waals surface area (Å²) < 4.78 is 0. The van der Waals surface area contributed by atoms with Crippen molar-refractivity contribution in [3.63, 3.8) is 0 Å². The molecule has 0 N–H and O–H groups in total. The Hall–Kier alpha value is -6.16. The molecule has 0 fully saturated rings. The molecular formula is C36H28N6O4. The minimum Gasteiger partial charge on any atom is -0.275 e. The maximum absolute atomic E-state index is 11.7. The molecule has 2 aromatic carbocycles. The zero-order valence-corrected chi connectivity index (χ0v) is 24.7. The predicted molar refractivity (Wildman–Crippen MR) is 174 cm³/mol. The predicted octanol–water partition coefficient (Wildman–Crippen LogP) is 4.58. The van der Waals surface area contributed by atoms with Crippen molar-refractivity contribution >= 4 is 47.4 Å². The molecule has 0 radical (unpaired) electrons. The molecule has 10 nitrogen and oxygen atoms in total. The molecule has 4 heterocycles. The number of aromatic nitrogens is 2. The summed E-state index contributed by atoms with van der Waals surface area (Å²) in [5.41, 5.74) is 6.83. The maximum atomic E-state index is 11.7. The van der Waals surface area contributed by atoms with Gasteiger partial charge in [0.1, 0.15) is 0 Å². The van der Waals surface area contributed by atoms with E-state index < -0.39 is 0 Å². The summed E-state index contributed by atoms with van der Waals surface area (Å²) in [6.07, 6.45) is 13.3. The summed E-state index contributed by atoms with van der Waals surface area (Å²) in [6.45, 7) is 0.694. The van der Waals surface area contributed by atoms with Gasteiger partial charge in [-0.1, -0.05) is 36.4 Å². The Morgan fingerprint density at radius 3 is 1.20 bits per heavy atom. The molecule has 10 heteroatoms. The van der Waals surface area contributed by atoms with Crippen LogP contribution in [0, 0.1) is 0 Å². The molecule has 2 aliphatic heterocycles. The Labute approximate surface area is 265 Å². The first kappa shape index (κ1) is 29.9. The summed E-state index contributed by atoms with van der Waals surface area (Å²) in [6, 6.07) is 23.0. The fourth-order valence-corrected chi connectivity index (χ4v) is 4.87. The minimum atomic E-state index is -0.271. The summed E-state index contributed by atoms with van der Waals surface area (Å²) in [5, 5.41) is 0. The highest BCUT2D eigenvalue weighted by Crippen LogP contribution is 2.19. The Kier molecular flexibility index (Phi) is 8.87. The molecule has 226 valence electrons. The van der Waals surface area contributed by atoms with Gasteiger partial charge < -0.3 is 0 Å². The Bertz CT molecular complexity index is 1720. The van der Waals surface area contributed by atoms with Crippen LogP contribution in [-0.2, 0) is 32.0 Å². The van der Waals surface area contributed by atoms with E-state index in [4.69, 9.17) is 0 Å². The Balaban J connectivity index is 0.983. The number of carbonyl (C=O) groups excluding carboxylic acids is 4. The van der Waals surface area contributed by atoms with Crippen LogP contribution in [0.4, 0.5) is 11.4 Å². The monoisotopic (exact) mass is 608 g/mol. The number of carbonyl (C=O) groups is 4. The van der Waals surface area contributed by atoms with Crippen molar-refractivity contribution in [2.75, 3.05) is 13.1 Å². The van der Waals surface area contributed by atoms with Crippen LogP contribution in [0.3, 0.4) is 0 Å². The van der Waals surface area contributed by atoms with E-state index in [1.54, 1.807) is 24.8 Å². The number of hydrogen-bond acceptors (Lipinski definition) is 8. The average molecular weight is 609 g/mol. The Morgan fingerprint density at radius 2 is 0.870 bits per heavy atom. The second-order valence-electron chi connectivity index (χ2n) is 10.6. The van der Waals surface area contributed by atoms with Crippen LogP contribution >= 0.6 is 0 Å². The third-order valence-corrected chi connectivity index (χ3v) is 7.52. The smallest absolute Gasteiger partial charge is 0.253 e. The molecule has 2 aliphatic rings. The van der Waals surface area contributed by atoms with Crippen LogP contribution in [0.1, 0.15) is 22.5 Å². The van der Waals surface area contributed by atoms with Crippen molar-refractivity contribution in [2.24, 2.45) is 9.98 Å². The molecule has 0 saturated carbocycles. The van der Waals surface area contributed by atoms with Crippen molar-refractivity contribution in [1.82, 2.24) is 19.8 Å². The van der Waals surface area contributed by atoms with Crippen molar-refractivity contribution < 1.29 is 19.2 Å². The largest absolute Gasteiger partial charge is 0.275 e. The lowest BCUT2D eigenvalue weighted by Crippen LogP contribution is -2.31. The van der Waals surface area contributed by atoms with Crippen molar-refractivity contribution in [2.45, 2.75) is 12.8 Å². The van der Waals surface area contributed by atoms with Crippen LogP contribution in [0.5, 0.6) is 0 Å². The van der Waals surface area contributed by atoms with Crippen molar-refractivity contribution in [3.05, 3.63) is 132 Å². The molecule has 2 aromatic heterocycles. The van der Waals surface area contributed by atoms with Crippen molar-refractivity contribution in [3.8, 4) is 11.1 Å². The summed E-state index contributed by atoms with van der Waals surface area (Å²) in [7, 11) is 0. The number of pyridine rings is 2. The number of imide groups is 2. The highest BCUT2D eigenvalue weighted by atomic mass is 16.2. The highest BCUT2D eigenvalue weighted by molar-refractivity contribution is 6.13. The quantitative estimate of drug-likeness (QED) is 0.181. The van der Waals surface area contributed by atoms with E-state index in [-0.39, 0.29) is 23.6 Å². The van der Waals surface area contributed by atoms with Gasteiger partial charge in [-0.15, -0.1) is 0 Å². The lowest BCUT2D eigenvalue weighted by atomic mass is 10.1. The number of rotatable bonds is 11. The van der Waals surface area contributed by atoms with E-state index in [9.17, 15) is 19.2 Å². The molecule has 0 aliphatic carbocycles. The van der Waals surface area contributed by atoms with Gasteiger partial charge in [-0.05, 0) is 60.4 Å². The highest BCUT2D eigenvalue weighted by Gasteiger charge is 2.23. The van der Waals surface area contributed by atoms with E-state index in [0.29, 0.717) is 37.3 Å². The van der Waals surface area contributed by atoms with Crippen LogP contribution in [0.2, 0.25) is 0 Å². The van der Waals surface area contributed by atoms with Gasteiger partial charge in [0, 0.05) is 60.9 Å². The number of nitrogens with zero attached hydrogens (tertiary/aromatic N) is 6. The van der Waals surface area contributed by atoms with Crippen LogP contribution in [0.25, 0.3) is 11.1 Å². The third-order valence-electron chi connectivity index (χ3n) is 7.52. The first-order valence-corrected chi connectivity index (χ1v) is 14.7. The fraction of sp³-hybridized carbons (Fsp3) is 0.111. The molecule has 0 bridgehead atoms. The first-order chi connectivity index (χ1) is 22.4. The molecule has 0 saturated heterocycles. The molecule has 6 rings (SSSR count). The SMILES string of the molecule is O=C1C=CC(=O)N1CCc1ccc(N=Cc2ccc(-c3ccc(C=Nc4ccc(CCN5C(=O)C=CC5=O)cc4)nc3)cn2)cc1. The standard InChI is InChI=1S/C36H28N6O4/c43-33-13-14-34(44)41(33)19-17-25-1-7-29(8-2-25)39-23-31-11-5-27(21-37-31)28-6-12-32(38-22-28)24-40-30-9-3-26(4-10-30)18-20-42-35(45)15-16-36(42)46/h1-16,21-24H,17-20H2. The van der Waals surface area contributed by atoms with Crippen molar-refractivity contribution in [1.29, 1.82) is 0 Å². The van der Waals surface area contributed by atoms with Crippen LogP contribution < -0.4 is 0 Å². The maximum Gasteiger partial charge on any atom is 0.253 e. The normalized spacial score (nSPS) is 14.6. The molecule has 4 aromatic rings. The van der Waals surface area contributed by atoms with Crippen LogP contribution in [-0.4, -0.2) is 68.9 Å². The third kappa shape index (κ3) is 7.31. The zero-order valence-electron chi connectivity index (χ0n) is 24.7. The molecule has 46 heavy (non-hydrogen) atoms. The first-order valence-electron chi connectivity index (χ1n) is 14.7. The van der Waals surface area contributed by atoms with Gasteiger partial charge in [0.15, 0.2) is 0 Å². The second-order valence-corrected chi connectivity index (χ2v) is 10.6. The van der Waals surface area contributed by atoms with Gasteiger partial charge in [-0.2, -0.15) is 0 Å². The van der Waals surface area contributed by atoms with E-state index in [1.165, 1.54) is 34.1 Å². The zero-order chi connectivity index (χ0) is 31.9. The molecule has 4 amide bonds. The summed E-state index contributed by atoms with van der Waals surface area (Å²) in [4.78, 5) is 67.3. The van der Waals surface area contributed by atoms with Gasteiger partial charge >= 0.3 is 0 Å². The Morgan fingerprint density at radius 1 is 0.500 bits per heavy atom. The van der Waals surface area contributed by atoms with Gasteiger partial charge in [0.25, 0.3) is 23.6 Å². The number of hydrogen-bond donors (Lipinski definition) is 0. The molecule has 0 spiro atoms. The lowest BCUT2D eigenvalue weighted by molar-refractivity contribution is -0.138. The van der Waals surface area contributed by atoms with Gasteiger partial charge in [0.05, 0.1) is 35.2 Å². The number of aliphatic imine (C=N–C) groups is 2. The molecular weight excluding hydrogens is 580 g/mol. The molecule has 0 atom stereocenters. The van der Waals surface area contributed by atoms with E-state index in [0.717, 1.165) is 33.6 Å². The van der Waals surface area contributed by atoms with E-state index >= 15 is 0 Å². The summed E-state index contributed by atoms with van der Waals surface area (Å²) in [5.74, 6) is -1.08. The van der Waals surface area contributed by atoms with E-state index in [1.807, 2.05) is 72.8 Å². The fourth-order valence-electron chi connectivity index (χ4n) is 4.87. The topological polar surface area (TPSA) is 125 Å². The van der Waals surface area contributed by atoms with Gasteiger partial charge in [-0.25, -0.2) is 0 Å². The number of benzene rings is 2. The minimum absolute atomic E-state index is 0.271. The average Bonchev–Trinajstić information content (AvgIpc) is 3.59. The number of amides is 4. The lowest BCUT2D eigenvalue weighted by Gasteiger charge is -2.13. The summed E-state index contributed by atoms with van der Waals surface area (Å²) >= 11 is 0. The van der Waals surface area contributed by atoms with Gasteiger partial charge in [-0.3, -0.25) is 48.9 Å².